The van der Waals surface area contributed by atoms with Crippen molar-refractivity contribution in [3.63, 3.8) is 0 Å². The van der Waals surface area contributed by atoms with Crippen LogP contribution in [-0.4, -0.2) is 10.1 Å². The number of nitrogens with zero attached hydrogens (tertiary/aromatic N) is 1. The molecular formula is C9H7BrN2OS. The van der Waals surface area contributed by atoms with Crippen LogP contribution in [-0.2, 0) is 0 Å². The zero-order valence-corrected chi connectivity index (χ0v) is 9.47. The lowest BCUT2D eigenvalue weighted by Gasteiger charge is -1.97. The maximum Gasteiger partial charge on any atom is 0.161 e. The standard InChI is InChI=1S/C9H7BrN2OS/c10-9-12-7(8(11)14-9)5-1-3-6(13)4-2-5/h1-4,13H,11H2. The fraction of sp³-hybridized carbons (Fsp3) is 0. The summed E-state index contributed by atoms with van der Waals surface area (Å²) in [6.07, 6.45) is 0. The van der Waals surface area contributed by atoms with Crippen LogP contribution in [0, 0.1) is 0 Å². The van der Waals surface area contributed by atoms with Crippen molar-refractivity contribution in [3.8, 4) is 17.0 Å². The van der Waals surface area contributed by atoms with Gasteiger partial charge in [-0.3, -0.25) is 0 Å². The minimum atomic E-state index is 0.238. The molecule has 0 atom stereocenters. The van der Waals surface area contributed by atoms with Crippen molar-refractivity contribution in [3.05, 3.63) is 28.2 Å². The zero-order valence-electron chi connectivity index (χ0n) is 7.07. The third-order valence-electron chi connectivity index (χ3n) is 1.77. The summed E-state index contributed by atoms with van der Waals surface area (Å²) in [6, 6.07) is 6.80. The first-order valence-electron chi connectivity index (χ1n) is 3.88. The van der Waals surface area contributed by atoms with Gasteiger partial charge < -0.3 is 10.8 Å². The molecular weight excluding hydrogens is 264 g/mol. The Kier molecular flexibility index (Phi) is 2.43. The van der Waals surface area contributed by atoms with Crippen LogP contribution in [0.2, 0.25) is 0 Å². The Labute approximate surface area is 93.4 Å². The number of hydrogen-bond acceptors (Lipinski definition) is 4. The zero-order chi connectivity index (χ0) is 10.1. The van der Waals surface area contributed by atoms with Gasteiger partial charge in [0.05, 0.1) is 0 Å². The van der Waals surface area contributed by atoms with Gasteiger partial charge in [-0.05, 0) is 40.2 Å². The van der Waals surface area contributed by atoms with Crippen LogP contribution in [0.4, 0.5) is 5.00 Å². The summed E-state index contributed by atoms with van der Waals surface area (Å²) in [6.45, 7) is 0. The molecule has 72 valence electrons. The number of rotatable bonds is 1. The van der Waals surface area contributed by atoms with E-state index >= 15 is 0 Å². The highest BCUT2D eigenvalue weighted by Crippen LogP contribution is 2.33. The summed E-state index contributed by atoms with van der Waals surface area (Å²) in [5.41, 5.74) is 7.43. The van der Waals surface area contributed by atoms with Gasteiger partial charge in [0.1, 0.15) is 16.4 Å². The Hall–Kier alpha value is -1.07. The second kappa shape index (κ2) is 3.59. The molecule has 0 bridgehead atoms. The number of aromatic hydroxyl groups is 1. The molecule has 0 aliphatic carbocycles. The first-order chi connectivity index (χ1) is 6.66. The topological polar surface area (TPSA) is 59.1 Å². The van der Waals surface area contributed by atoms with Crippen LogP contribution >= 0.6 is 27.3 Å². The number of nitrogen functional groups attached to an aromatic ring is 1. The van der Waals surface area contributed by atoms with E-state index in [1.807, 2.05) is 0 Å². The first kappa shape index (κ1) is 9.48. The fourth-order valence-corrected chi connectivity index (χ4v) is 2.41. The van der Waals surface area contributed by atoms with Crippen molar-refractivity contribution >= 4 is 32.3 Å². The Morgan fingerprint density at radius 1 is 1.29 bits per heavy atom. The fourth-order valence-electron chi connectivity index (χ4n) is 1.13. The number of phenolic OH excluding ortho intramolecular Hbond substituents is 1. The first-order valence-corrected chi connectivity index (χ1v) is 5.49. The minimum absolute atomic E-state index is 0.238. The van der Waals surface area contributed by atoms with E-state index < -0.39 is 0 Å². The highest BCUT2D eigenvalue weighted by molar-refractivity contribution is 9.11. The van der Waals surface area contributed by atoms with Crippen molar-refractivity contribution in [2.45, 2.75) is 0 Å². The Morgan fingerprint density at radius 2 is 1.93 bits per heavy atom. The molecule has 14 heavy (non-hydrogen) atoms. The average Bonchev–Trinajstić information content (AvgIpc) is 2.47. The molecule has 0 radical (unpaired) electrons. The van der Waals surface area contributed by atoms with Crippen LogP contribution in [0.15, 0.2) is 28.2 Å². The molecule has 1 aromatic carbocycles. The number of phenols is 1. The van der Waals surface area contributed by atoms with Crippen molar-refractivity contribution in [1.29, 1.82) is 0 Å². The van der Waals surface area contributed by atoms with Gasteiger partial charge in [-0.25, -0.2) is 4.98 Å². The normalized spacial score (nSPS) is 10.4. The van der Waals surface area contributed by atoms with Crippen LogP contribution in [0.1, 0.15) is 0 Å². The molecule has 0 unspecified atom stereocenters. The second-order valence-corrected chi connectivity index (χ2v) is 5.03. The van der Waals surface area contributed by atoms with E-state index in [9.17, 15) is 0 Å². The van der Waals surface area contributed by atoms with Gasteiger partial charge in [0.15, 0.2) is 3.92 Å². The summed E-state index contributed by atoms with van der Waals surface area (Å²) < 4.78 is 0.762. The minimum Gasteiger partial charge on any atom is -0.508 e. The maximum atomic E-state index is 9.12. The Bertz CT molecular complexity index is 452. The molecule has 3 N–H and O–H groups in total. The quantitative estimate of drug-likeness (QED) is 0.838. The van der Waals surface area contributed by atoms with Gasteiger partial charge in [-0.1, -0.05) is 11.3 Å². The predicted molar refractivity (Wildman–Crippen MR) is 61.3 cm³/mol. The number of anilines is 1. The largest absolute Gasteiger partial charge is 0.508 e. The van der Waals surface area contributed by atoms with E-state index in [2.05, 4.69) is 20.9 Å². The van der Waals surface area contributed by atoms with Crippen molar-refractivity contribution < 1.29 is 5.11 Å². The molecule has 3 nitrogen and oxygen atoms in total. The van der Waals surface area contributed by atoms with Crippen molar-refractivity contribution in [1.82, 2.24) is 4.98 Å². The Balaban J connectivity index is 2.49. The van der Waals surface area contributed by atoms with Crippen molar-refractivity contribution in [2.24, 2.45) is 0 Å². The molecule has 0 saturated carbocycles. The van der Waals surface area contributed by atoms with E-state index in [1.165, 1.54) is 11.3 Å². The SMILES string of the molecule is Nc1sc(Br)nc1-c1ccc(O)cc1. The number of halogens is 1. The van der Waals surface area contributed by atoms with Crippen LogP contribution < -0.4 is 5.73 Å². The van der Waals surface area contributed by atoms with Crippen LogP contribution in [0.25, 0.3) is 11.3 Å². The number of thiazole rings is 1. The maximum absolute atomic E-state index is 9.12. The van der Waals surface area contributed by atoms with E-state index in [0.717, 1.165) is 15.2 Å². The van der Waals surface area contributed by atoms with Gasteiger partial charge in [0.2, 0.25) is 0 Å². The van der Waals surface area contributed by atoms with Crippen molar-refractivity contribution in [2.75, 3.05) is 5.73 Å². The third-order valence-corrected chi connectivity index (χ3v) is 3.10. The van der Waals surface area contributed by atoms with Crippen LogP contribution in [0.5, 0.6) is 5.75 Å². The van der Waals surface area contributed by atoms with Gasteiger partial charge in [0, 0.05) is 5.56 Å². The molecule has 0 fully saturated rings. The number of aromatic nitrogens is 1. The lowest BCUT2D eigenvalue weighted by atomic mass is 10.1. The Morgan fingerprint density at radius 3 is 2.43 bits per heavy atom. The van der Waals surface area contributed by atoms with Crippen LogP contribution in [0.3, 0.4) is 0 Å². The molecule has 2 aromatic rings. The lowest BCUT2D eigenvalue weighted by molar-refractivity contribution is 0.475. The summed E-state index contributed by atoms with van der Waals surface area (Å²) >= 11 is 4.66. The summed E-state index contributed by atoms with van der Waals surface area (Å²) in [5.74, 6) is 0.238. The lowest BCUT2D eigenvalue weighted by Crippen LogP contribution is -1.84. The van der Waals surface area contributed by atoms with Gasteiger partial charge in [-0.2, -0.15) is 0 Å². The molecule has 0 saturated heterocycles. The molecule has 0 aliphatic rings. The molecule has 1 aromatic heterocycles. The number of hydrogen-bond donors (Lipinski definition) is 2. The molecule has 0 amide bonds. The van der Waals surface area contributed by atoms with E-state index in [-0.39, 0.29) is 5.75 Å². The van der Waals surface area contributed by atoms with Gasteiger partial charge >= 0.3 is 0 Å². The summed E-state index contributed by atoms with van der Waals surface area (Å²) in [4.78, 5) is 4.24. The third kappa shape index (κ3) is 1.73. The number of benzene rings is 1. The van der Waals surface area contributed by atoms with Gasteiger partial charge in [-0.15, -0.1) is 0 Å². The number of nitrogens with two attached hydrogens (primary N) is 1. The summed E-state index contributed by atoms with van der Waals surface area (Å²) in [7, 11) is 0. The van der Waals surface area contributed by atoms with E-state index in [4.69, 9.17) is 10.8 Å². The second-order valence-electron chi connectivity index (χ2n) is 2.73. The highest BCUT2D eigenvalue weighted by Gasteiger charge is 2.08. The summed E-state index contributed by atoms with van der Waals surface area (Å²) in [5, 5.41) is 9.79. The average molecular weight is 271 g/mol. The van der Waals surface area contributed by atoms with Gasteiger partial charge in [0.25, 0.3) is 0 Å². The molecule has 2 rings (SSSR count). The van der Waals surface area contributed by atoms with E-state index in [1.54, 1.807) is 24.3 Å². The smallest absolute Gasteiger partial charge is 0.161 e. The van der Waals surface area contributed by atoms with E-state index in [0.29, 0.717) is 5.00 Å². The molecule has 0 aliphatic heterocycles. The molecule has 5 heteroatoms. The molecule has 0 spiro atoms. The monoisotopic (exact) mass is 270 g/mol. The highest BCUT2D eigenvalue weighted by atomic mass is 79.9. The molecule has 1 heterocycles. The predicted octanol–water partition coefficient (Wildman–Crippen LogP) is 2.86.